The highest BCUT2D eigenvalue weighted by molar-refractivity contribution is 4.77. The molecule has 0 radical (unpaired) electrons. The predicted molar refractivity (Wildman–Crippen MR) is 59.6 cm³/mol. The van der Waals surface area contributed by atoms with Crippen molar-refractivity contribution < 1.29 is 4.74 Å². The van der Waals surface area contributed by atoms with Gasteiger partial charge in [-0.2, -0.15) is 0 Å². The van der Waals surface area contributed by atoms with Gasteiger partial charge in [-0.15, -0.1) is 0 Å². The van der Waals surface area contributed by atoms with Crippen molar-refractivity contribution in [3.05, 3.63) is 0 Å². The molecule has 1 atom stereocenters. The Labute approximate surface area is 87.8 Å². The summed E-state index contributed by atoms with van der Waals surface area (Å²) in [5.41, 5.74) is 0. The zero-order valence-electron chi connectivity index (χ0n) is 9.75. The number of hydrogen-bond acceptors (Lipinski definition) is 3. The summed E-state index contributed by atoms with van der Waals surface area (Å²) < 4.78 is 5.55. The van der Waals surface area contributed by atoms with Gasteiger partial charge in [0.15, 0.2) is 0 Å². The second kappa shape index (κ2) is 6.38. The van der Waals surface area contributed by atoms with Crippen LogP contribution in [-0.4, -0.2) is 49.8 Å². The minimum atomic E-state index is 0.361. The first-order valence-electron chi connectivity index (χ1n) is 5.79. The van der Waals surface area contributed by atoms with Crippen LogP contribution in [0.3, 0.4) is 0 Å². The van der Waals surface area contributed by atoms with Crippen LogP contribution in [0.1, 0.15) is 27.2 Å². The Hall–Kier alpha value is -0.120. The third kappa shape index (κ3) is 4.40. The molecule has 3 heteroatoms. The fourth-order valence-electron chi connectivity index (χ4n) is 1.79. The number of rotatable bonds is 5. The van der Waals surface area contributed by atoms with Gasteiger partial charge in [0.1, 0.15) is 0 Å². The van der Waals surface area contributed by atoms with Gasteiger partial charge in [-0.25, -0.2) is 0 Å². The molecule has 0 aromatic carbocycles. The summed E-state index contributed by atoms with van der Waals surface area (Å²) in [6.45, 7) is 11.8. The maximum Gasteiger partial charge on any atom is 0.0596 e. The lowest BCUT2D eigenvalue weighted by atomic mass is 10.1. The SMILES string of the molecule is CCC1CN(CCOC(C)C)CCN1. The van der Waals surface area contributed by atoms with E-state index in [4.69, 9.17) is 4.74 Å². The topological polar surface area (TPSA) is 24.5 Å². The largest absolute Gasteiger partial charge is 0.377 e. The molecule has 1 aliphatic rings. The molecule has 1 aliphatic heterocycles. The number of ether oxygens (including phenoxy) is 1. The highest BCUT2D eigenvalue weighted by atomic mass is 16.5. The Morgan fingerprint density at radius 2 is 2.29 bits per heavy atom. The molecule has 0 amide bonds. The van der Waals surface area contributed by atoms with E-state index < -0.39 is 0 Å². The van der Waals surface area contributed by atoms with Crippen LogP contribution in [0.25, 0.3) is 0 Å². The van der Waals surface area contributed by atoms with Crippen LogP contribution in [0.4, 0.5) is 0 Å². The summed E-state index contributed by atoms with van der Waals surface area (Å²) in [7, 11) is 0. The molecule has 84 valence electrons. The molecule has 1 rings (SSSR count). The van der Waals surface area contributed by atoms with Crippen LogP contribution in [-0.2, 0) is 4.74 Å². The highest BCUT2D eigenvalue weighted by Crippen LogP contribution is 2.02. The summed E-state index contributed by atoms with van der Waals surface area (Å²) >= 11 is 0. The Balaban J connectivity index is 2.11. The van der Waals surface area contributed by atoms with Crippen molar-refractivity contribution in [1.82, 2.24) is 10.2 Å². The van der Waals surface area contributed by atoms with Gasteiger partial charge in [-0.3, -0.25) is 4.90 Å². The molecule has 14 heavy (non-hydrogen) atoms. The van der Waals surface area contributed by atoms with Crippen molar-refractivity contribution in [3.8, 4) is 0 Å². The number of nitrogens with one attached hydrogen (secondary N) is 1. The summed E-state index contributed by atoms with van der Waals surface area (Å²) in [6, 6.07) is 0.683. The van der Waals surface area contributed by atoms with Crippen LogP contribution < -0.4 is 5.32 Å². The van der Waals surface area contributed by atoms with Crippen molar-refractivity contribution in [2.45, 2.75) is 39.3 Å². The Kier molecular flexibility index (Phi) is 5.45. The van der Waals surface area contributed by atoms with E-state index in [9.17, 15) is 0 Å². The molecule has 0 aromatic heterocycles. The molecular weight excluding hydrogens is 176 g/mol. The Morgan fingerprint density at radius 3 is 2.93 bits per heavy atom. The fourth-order valence-corrected chi connectivity index (χ4v) is 1.79. The summed E-state index contributed by atoms with van der Waals surface area (Å²) in [4.78, 5) is 2.49. The summed E-state index contributed by atoms with van der Waals surface area (Å²) in [6.07, 6.45) is 1.58. The number of piperazine rings is 1. The lowest BCUT2D eigenvalue weighted by Crippen LogP contribution is -2.51. The van der Waals surface area contributed by atoms with Gasteiger partial charge >= 0.3 is 0 Å². The maximum atomic E-state index is 5.55. The van der Waals surface area contributed by atoms with E-state index in [-0.39, 0.29) is 0 Å². The quantitative estimate of drug-likeness (QED) is 0.719. The van der Waals surface area contributed by atoms with Crippen LogP contribution in [0, 0.1) is 0 Å². The first-order valence-corrected chi connectivity index (χ1v) is 5.79. The smallest absolute Gasteiger partial charge is 0.0596 e. The summed E-state index contributed by atoms with van der Waals surface area (Å²) in [5, 5.41) is 3.52. The average Bonchev–Trinajstić information content (AvgIpc) is 2.18. The van der Waals surface area contributed by atoms with E-state index in [1.165, 1.54) is 13.0 Å². The van der Waals surface area contributed by atoms with Crippen LogP contribution in [0.15, 0.2) is 0 Å². The lowest BCUT2D eigenvalue weighted by molar-refractivity contribution is 0.0524. The van der Waals surface area contributed by atoms with Crippen molar-refractivity contribution in [2.24, 2.45) is 0 Å². The van der Waals surface area contributed by atoms with E-state index in [2.05, 4.69) is 31.0 Å². The monoisotopic (exact) mass is 200 g/mol. The fraction of sp³-hybridized carbons (Fsp3) is 1.00. The number of hydrogen-bond donors (Lipinski definition) is 1. The van der Waals surface area contributed by atoms with E-state index >= 15 is 0 Å². The van der Waals surface area contributed by atoms with E-state index in [1.54, 1.807) is 0 Å². The molecule has 0 bridgehead atoms. The summed E-state index contributed by atoms with van der Waals surface area (Å²) in [5.74, 6) is 0. The molecule has 0 aromatic rings. The molecule has 1 heterocycles. The van der Waals surface area contributed by atoms with Gasteiger partial charge in [-0.1, -0.05) is 6.92 Å². The normalized spacial score (nSPS) is 24.4. The first kappa shape index (κ1) is 12.0. The van der Waals surface area contributed by atoms with Gasteiger partial charge in [-0.05, 0) is 20.3 Å². The minimum Gasteiger partial charge on any atom is -0.377 e. The predicted octanol–water partition coefficient (Wildman–Crippen LogP) is 1.10. The maximum absolute atomic E-state index is 5.55. The highest BCUT2D eigenvalue weighted by Gasteiger charge is 2.16. The third-order valence-corrected chi connectivity index (χ3v) is 2.69. The first-order chi connectivity index (χ1) is 6.72. The van der Waals surface area contributed by atoms with Crippen molar-refractivity contribution in [3.63, 3.8) is 0 Å². The van der Waals surface area contributed by atoms with Crippen molar-refractivity contribution in [2.75, 3.05) is 32.8 Å². The van der Waals surface area contributed by atoms with E-state index in [1.807, 2.05) is 0 Å². The van der Waals surface area contributed by atoms with E-state index in [0.717, 1.165) is 26.2 Å². The van der Waals surface area contributed by atoms with E-state index in [0.29, 0.717) is 12.1 Å². The molecule has 0 saturated carbocycles. The lowest BCUT2D eigenvalue weighted by Gasteiger charge is -2.33. The molecule has 1 fully saturated rings. The third-order valence-electron chi connectivity index (χ3n) is 2.69. The standard InChI is InChI=1S/C11H24N2O/c1-4-11-9-13(6-5-12-11)7-8-14-10(2)3/h10-12H,4-9H2,1-3H3. The average molecular weight is 200 g/mol. The Morgan fingerprint density at radius 1 is 1.50 bits per heavy atom. The molecule has 1 saturated heterocycles. The van der Waals surface area contributed by atoms with Crippen molar-refractivity contribution >= 4 is 0 Å². The van der Waals surface area contributed by atoms with Gasteiger partial charge in [0, 0.05) is 32.2 Å². The second-order valence-electron chi connectivity index (χ2n) is 4.28. The zero-order valence-corrected chi connectivity index (χ0v) is 9.75. The van der Waals surface area contributed by atoms with Crippen LogP contribution in [0.5, 0.6) is 0 Å². The molecule has 1 unspecified atom stereocenters. The van der Waals surface area contributed by atoms with Crippen molar-refractivity contribution in [1.29, 1.82) is 0 Å². The zero-order chi connectivity index (χ0) is 10.4. The second-order valence-corrected chi connectivity index (χ2v) is 4.28. The molecule has 0 aliphatic carbocycles. The molecule has 0 spiro atoms. The molecular formula is C11H24N2O. The minimum absolute atomic E-state index is 0.361. The number of nitrogens with zero attached hydrogens (tertiary/aromatic N) is 1. The van der Waals surface area contributed by atoms with Crippen LogP contribution in [0.2, 0.25) is 0 Å². The molecule has 1 N–H and O–H groups in total. The van der Waals surface area contributed by atoms with Gasteiger partial charge in [0.05, 0.1) is 12.7 Å². The van der Waals surface area contributed by atoms with Gasteiger partial charge in [0.25, 0.3) is 0 Å². The van der Waals surface area contributed by atoms with Gasteiger partial charge < -0.3 is 10.1 Å². The Bertz CT molecular complexity index is 150. The van der Waals surface area contributed by atoms with Crippen LogP contribution >= 0.6 is 0 Å². The van der Waals surface area contributed by atoms with Gasteiger partial charge in [0.2, 0.25) is 0 Å². The molecule has 3 nitrogen and oxygen atoms in total.